The van der Waals surface area contributed by atoms with Crippen LogP contribution in [0.3, 0.4) is 0 Å². The highest BCUT2D eigenvalue weighted by Gasteiger charge is 2.34. The summed E-state index contributed by atoms with van der Waals surface area (Å²) in [4.78, 5) is 21.8. The number of fused-ring (bicyclic) bond motifs is 2. The summed E-state index contributed by atoms with van der Waals surface area (Å²) in [5.41, 5.74) is 5.37. The molecule has 1 saturated carbocycles. The highest BCUT2D eigenvalue weighted by Crippen LogP contribution is 2.45. The summed E-state index contributed by atoms with van der Waals surface area (Å²) in [5.74, 6) is 1.11. The molecule has 6 heterocycles. The van der Waals surface area contributed by atoms with Gasteiger partial charge in [-0.05, 0) is 67.0 Å². The van der Waals surface area contributed by atoms with Gasteiger partial charge >= 0.3 is 0 Å². The second-order valence-corrected chi connectivity index (χ2v) is 11.3. The quantitative estimate of drug-likeness (QED) is 0.268. The van der Waals surface area contributed by atoms with Crippen molar-refractivity contribution in [2.24, 2.45) is 5.41 Å². The van der Waals surface area contributed by atoms with Gasteiger partial charge in [-0.15, -0.1) is 0 Å². The van der Waals surface area contributed by atoms with E-state index >= 15 is 0 Å². The summed E-state index contributed by atoms with van der Waals surface area (Å²) in [6, 6.07) is 7.90. The number of nitrogens with zero attached hydrogens (tertiary/aromatic N) is 4. The molecule has 8 heteroatoms. The van der Waals surface area contributed by atoms with Crippen LogP contribution in [-0.2, 0) is 0 Å². The molecule has 0 bridgehead atoms. The standard InChI is InChI=1S/C30H30FN7/c1-30(2)16-32-7-6-26(30)38-29-27-19(13-34-15-23(27)17-3-4-17)10-25(37-29)21-5-8-35-28-22(21)11-24(36-28)18-9-20(31)14-33-12-18/h5,8-15,17,26,32H,3-4,6-7,16H2,1-2H3,(H,35,36)(H,37,38)/t26-/m0/s1. The minimum absolute atomic E-state index is 0.0908. The summed E-state index contributed by atoms with van der Waals surface area (Å²) < 4.78 is 13.9. The van der Waals surface area contributed by atoms with Crippen LogP contribution in [0.2, 0.25) is 0 Å². The van der Waals surface area contributed by atoms with Crippen molar-refractivity contribution in [1.82, 2.24) is 30.2 Å². The lowest BCUT2D eigenvalue weighted by Crippen LogP contribution is -2.49. The van der Waals surface area contributed by atoms with E-state index in [1.54, 1.807) is 12.4 Å². The Hall–Kier alpha value is -3.91. The molecule has 192 valence electrons. The SMILES string of the molecule is CC1(C)CNCC[C@@H]1Nc1nc(-c2ccnc3[nH]c(-c4cncc(F)c4)cc23)cc2cncc(C3CC3)c12. The van der Waals surface area contributed by atoms with Crippen LogP contribution in [0.4, 0.5) is 10.2 Å². The molecule has 5 aromatic rings. The van der Waals surface area contributed by atoms with E-state index in [4.69, 9.17) is 4.98 Å². The second kappa shape index (κ2) is 8.84. The first-order valence-corrected chi connectivity index (χ1v) is 13.3. The van der Waals surface area contributed by atoms with Crippen LogP contribution in [-0.4, -0.2) is 44.1 Å². The first-order chi connectivity index (χ1) is 18.5. The van der Waals surface area contributed by atoms with Crippen molar-refractivity contribution >= 4 is 27.6 Å². The maximum atomic E-state index is 13.9. The zero-order valence-corrected chi connectivity index (χ0v) is 21.6. The molecule has 2 aliphatic rings. The number of halogens is 1. The molecule has 0 amide bonds. The average molecular weight is 508 g/mol. The number of hydrogen-bond donors (Lipinski definition) is 3. The van der Waals surface area contributed by atoms with E-state index in [9.17, 15) is 4.39 Å². The Bertz CT molecular complexity index is 1670. The maximum Gasteiger partial charge on any atom is 0.142 e. The van der Waals surface area contributed by atoms with Crippen LogP contribution >= 0.6 is 0 Å². The van der Waals surface area contributed by atoms with E-state index in [0.717, 1.165) is 58.7 Å². The normalized spacial score (nSPS) is 19.2. The third-order valence-electron chi connectivity index (χ3n) is 8.05. The summed E-state index contributed by atoms with van der Waals surface area (Å²) in [6.07, 6.45) is 12.1. The third kappa shape index (κ3) is 4.09. The molecule has 5 aromatic heterocycles. The van der Waals surface area contributed by atoms with Gasteiger partial charge in [0, 0.05) is 70.4 Å². The Balaban J connectivity index is 1.39. The smallest absolute Gasteiger partial charge is 0.142 e. The lowest BCUT2D eigenvalue weighted by atomic mass is 9.80. The van der Waals surface area contributed by atoms with Crippen LogP contribution in [0.25, 0.3) is 44.3 Å². The summed E-state index contributed by atoms with van der Waals surface area (Å²) >= 11 is 0. The second-order valence-electron chi connectivity index (χ2n) is 11.3. The zero-order valence-electron chi connectivity index (χ0n) is 21.6. The van der Waals surface area contributed by atoms with Crippen LogP contribution in [0, 0.1) is 11.2 Å². The zero-order chi connectivity index (χ0) is 25.9. The van der Waals surface area contributed by atoms with Gasteiger partial charge in [-0.2, -0.15) is 0 Å². The van der Waals surface area contributed by atoms with Crippen molar-refractivity contribution in [2.45, 2.75) is 45.1 Å². The predicted molar refractivity (Wildman–Crippen MR) is 148 cm³/mol. The van der Waals surface area contributed by atoms with E-state index in [-0.39, 0.29) is 11.2 Å². The lowest BCUT2D eigenvalue weighted by Gasteiger charge is -2.40. The molecule has 38 heavy (non-hydrogen) atoms. The summed E-state index contributed by atoms with van der Waals surface area (Å²) in [7, 11) is 0. The van der Waals surface area contributed by atoms with Crippen molar-refractivity contribution in [2.75, 3.05) is 18.4 Å². The summed E-state index contributed by atoms with van der Waals surface area (Å²) in [6.45, 7) is 6.57. The van der Waals surface area contributed by atoms with E-state index in [0.29, 0.717) is 17.5 Å². The monoisotopic (exact) mass is 507 g/mol. The molecular weight excluding hydrogens is 477 g/mol. The fraction of sp³-hybridized carbons (Fsp3) is 0.333. The fourth-order valence-electron chi connectivity index (χ4n) is 5.75. The highest BCUT2D eigenvalue weighted by atomic mass is 19.1. The lowest BCUT2D eigenvalue weighted by molar-refractivity contribution is 0.236. The molecule has 1 saturated heterocycles. The molecular formula is C30H30FN7. The van der Waals surface area contributed by atoms with Gasteiger partial charge in [-0.1, -0.05) is 13.8 Å². The molecule has 7 rings (SSSR count). The van der Waals surface area contributed by atoms with Gasteiger partial charge in [0.25, 0.3) is 0 Å². The van der Waals surface area contributed by atoms with Crippen molar-refractivity contribution < 1.29 is 4.39 Å². The van der Waals surface area contributed by atoms with Gasteiger partial charge < -0.3 is 15.6 Å². The van der Waals surface area contributed by atoms with Crippen LogP contribution in [0.5, 0.6) is 0 Å². The van der Waals surface area contributed by atoms with Gasteiger partial charge in [-0.3, -0.25) is 9.97 Å². The molecule has 7 nitrogen and oxygen atoms in total. The number of hydrogen-bond acceptors (Lipinski definition) is 6. The number of nitrogens with one attached hydrogen (secondary N) is 3. The molecule has 1 aliphatic heterocycles. The van der Waals surface area contributed by atoms with Gasteiger partial charge in [0.15, 0.2) is 0 Å². The van der Waals surface area contributed by atoms with Gasteiger partial charge in [0.05, 0.1) is 11.9 Å². The van der Waals surface area contributed by atoms with Crippen molar-refractivity contribution in [3.8, 4) is 22.5 Å². The van der Waals surface area contributed by atoms with E-state index in [1.807, 2.05) is 24.5 Å². The van der Waals surface area contributed by atoms with Gasteiger partial charge in [0.2, 0.25) is 0 Å². The topological polar surface area (TPSA) is 91.4 Å². The predicted octanol–water partition coefficient (Wildman–Crippen LogP) is 6.05. The molecule has 0 aromatic carbocycles. The molecule has 2 fully saturated rings. The summed E-state index contributed by atoms with van der Waals surface area (Å²) in [5, 5.41) is 10.6. The fourth-order valence-corrected chi connectivity index (χ4v) is 5.75. The van der Waals surface area contributed by atoms with E-state index in [1.165, 1.54) is 36.1 Å². The van der Waals surface area contributed by atoms with Crippen LogP contribution in [0.1, 0.15) is 44.6 Å². The first kappa shape index (κ1) is 23.2. The Morgan fingerprint density at radius 2 is 1.89 bits per heavy atom. The Kier molecular flexibility index (Phi) is 5.40. The molecule has 3 N–H and O–H groups in total. The Labute approximate surface area is 220 Å². The van der Waals surface area contributed by atoms with E-state index < -0.39 is 0 Å². The van der Waals surface area contributed by atoms with Gasteiger partial charge in [-0.25, -0.2) is 14.4 Å². The Morgan fingerprint density at radius 3 is 2.71 bits per heavy atom. The van der Waals surface area contributed by atoms with Crippen LogP contribution < -0.4 is 10.6 Å². The molecule has 1 aliphatic carbocycles. The van der Waals surface area contributed by atoms with Crippen molar-refractivity contribution in [3.05, 3.63) is 66.6 Å². The number of H-pyrrole nitrogens is 1. The third-order valence-corrected chi connectivity index (χ3v) is 8.05. The largest absolute Gasteiger partial charge is 0.366 e. The van der Waals surface area contributed by atoms with Gasteiger partial charge in [0.1, 0.15) is 17.3 Å². The van der Waals surface area contributed by atoms with Crippen molar-refractivity contribution in [1.29, 1.82) is 0 Å². The molecule has 0 spiro atoms. The minimum atomic E-state index is -0.374. The van der Waals surface area contributed by atoms with Crippen LogP contribution in [0.15, 0.2) is 55.2 Å². The number of aromatic amines is 1. The minimum Gasteiger partial charge on any atom is -0.366 e. The number of anilines is 1. The number of piperidine rings is 1. The highest BCUT2D eigenvalue weighted by molar-refractivity contribution is 6.01. The number of aromatic nitrogens is 5. The first-order valence-electron chi connectivity index (χ1n) is 13.3. The van der Waals surface area contributed by atoms with Crippen molar-refractivity contribution in [3.63, 3.8) is 0 Å². The molecule has 1 atom stereocenters. The molecule has 0 unspecified atom stereocenters. The Morgan fingerprint density at radius 1 is 1.03 bits per heavy atom. The number of pyridine rings is 4. The number of rotatable bonds is 5. The molecule has 0 radical (unpaired) electrons. The maximum absolute atomic E-state index is 13.9. The average Bonchev–Trinajstić information content (AvgIpc) is 3.66. The van der Waals surface area contributed by atoms with E-state index in [2.05, 4.69) is 50.5 Å².